The van der Waals surface area contributed by atoms with Gasteiger partial charge in [0.05, 0.1) is 17.2 Å². The lowest BCUT2D eigenvalue weighted by molar-refractivity contribution is -0.154. The van der Waals surface area contributed by atoms with Crippen LogP contribution >= 0.6 is 0 Å². The van der Waals surface area contributed by atoms with Crippen molar-refractivity contribution in [3.63, 3.8) is 0 Å². The van der Waals surface area contributed by atoms with E-state index in [0.717, 1.165) is 40.6 Å². The summed E-state index contributed by atoms with van der Waals surface area (Å²) in [5.41, 5.74) is 1.99. The highest BCUT2D eigenvalue weighted by Gasteiger charge is 2.53. The lowest BCUT2D eigenvalue weighted by Gasteiger charge is -2.35. The van der Waals surface area contributed by atoms with Gasteiger partial charge in [-0.1, -0.05) is 18.2 Å². The standard InChI is InChI=1S/C21H25N3O6/c1-22-8-7-21-6-5-13(25)9-16(21)30-18-14(4-3-12(10-22)17(18)21)24(20(27)28)15-11-29-23(2)19(15)26/h3-6,13,15-16,25H,7-11H2,1-2H3,(H,27,28)/t13-,15+,16-,21-/m0/s1. The SMILES string of the molecule is CN1CC[C@@]23C=C[C@H](O)C[C@@H]2Oc2c(N(C(=O)O)[C@@H]4CON(C)C4=O)ccc(c23)C1. The Hall–Kier alpha value is -2.62. The van der Waals surface area contributed by atoms with Crippen molar-refractivity contribution >= 4 is 17.7 Å². The van der Waals surface area contributed by atoms with E-state index >= 15 is 0 Å². The number of hydrogen-bond donors (Lipinski definition) is 2. The minimum Gasteiger partial charge on any atom is -0.487 e. The van der Waals surface area contributed by atoms with Crippen LogP contribution in [0.15, 0.2) is 24.3 Å². The highest BCUT2D eigenvalue weighted by Crippen LogP contribution is 2.56. The highest BCUT2D eigenvalue weighted by molar-refractivity contribution is 5.99. The van der Waals surface area contributed by atoms with Gasteiger partial charge in [0.2, 0.25) is 0 Å². The first-order chi connectivity index (χ1) is 14.3. The summed E-state index contributed by atoms with van der Waals surface area (Å²) in [5.74, 6) is 0.0797. The number of benzene rings is 1. The van der Waals surface area contributed by atoms with Crippen LogP contribution in [0.4, 0.5) is 10.5 Å². The van der Waals surface area contributed by atoms with E-state index in [-0.39, 0.29) is 12.7 Å². The predicted molar refractivity (Wildman–Crippen MR) is 106 cm³/mol. The topological polar surface area (TPSA) is 103 Å². The van der Waals surface area contributed by atoms with Crippen molar-refractivity contribution in [2.24, 2.45) is 0 Å². The van der Waals surface area contributed by atoms with Crippen LogP contribution in [-0.4, -0.2) is 77.7 Å². The van der Waals surface area contributed by atoms with Crippen LogP contribution in [0.1, 0.15) is 24.0 Å². The zero-order valence-electron chi connectivity index (χ0n) is 16.9. The molecular weight excluding hydrogens is 390 g/mol. The van der Waals surface area contributed by atoms with Gasteiger partial charge in [0.25, 0.3) is 5.91 Å². The number of likely N-dealkylation sites (N-methyl/N-ethyl adjacent to an activating group) is 1. The highest BCUT2D eigenvalue weighted by atomic mass is 16.7. The van der Waals surface area contributed by atoms with Gasteiger partial charge in [-0.2, -0.15) is 0 Å². The molecule has 1 aromatic rings. The van der Waals surface area contributed by atoms with Gasteiger partial charge < -0.3 is 19.8 Å². The van der Waals surface area contributed by atoms with E-state index in [1.165, 1.54) is 7.05 Å². The average molecular weight is 415 g/mol. The number of amides is 2. The summed E-state index contributed by atoms with van der Waals surface area (Å²) in [4.78, 5) is 33.3. The first kappa shape index (κ1) is 19.3. The molecule has 5 rings (SSSR count). The monoisotopic (exact) mass is 415 g/mol. The fraction of sp³-hybridized carbons (Fsp3) is 0.524. The Bertz CT molecular complexity index is 949. The fourth-order valence-electron chi connectivity index (χ4n) is 5.23. The molecule has 1 saturated heterocycles. The van der Waals surface area contributed by atoms with Crippen molar-refractivity contribution in [3.8, 4) is 5.75 Å². The molecule has 30 heavy (non-hydrogen) atoms. The second-order valence-corrected chi connectivity index (χ2v) is 8.54. The van der Waals surface area contributed by atoms with E-state index in [4.69, 9.17) is 9.57 Å². The summed E-state index contributed by atoms with van der Waals surface area (Å²) in [5, 5.41) is 21.3. The number of hydroxylamine groups is 2. The maximum absolute atomic E-state index is 12.5. The molecule has 3 aliphatic heterocycles. The normalized spacial score (nSPS) is 32.4. The van der Waals surface area contributed by atoms with Gasteiger partial charge in [-0.25, -0.2) is 9.86 Å². The van der Waals surface area contributed by atoms with Crippen LogP contribution in [0.2, 0.25) is 0 Å². The van der Waals surface area contributed by atoms with Crippen LogP contribution in [-0.2, 0) is 21.6 Å². The Labute approximate surface area is 174 Å². The number of ether oxygens (including phenoxy) is 1. The molecule has 0 aromatic heterocycles. The summed E-state index contributed by atoms with van der Waals surface area (Å²) in [6.45, 7) is 1.53. The van der Waals surface area contributed by atoms with E-state index in [1.807, 2.05) is 18.2 Å². The molecule has 0 radical (unpaired) electrons. The Morgan fingerprint density at radius 3 is 2.83 bits per heavy atom. The van der Waals surface area contributed by atoms with E-state index in [2.05, 4.69) is 11.9 Å². The number of anilines is 1. The van der Waals surface area contributed by atoms with Gasteiger partial charge >= 0.3 is 6.09 Å². The van der Waals surface area contributed by atoms with Crippen LogP contribution in [0.3, 0.4) is 0 Å². The van der Waals surface area contributed by atoms with Crippen LogP contribution in [0.25, 0.3) is 0 Å². The molecule has 4 atom stereocenters. The largest absolute Gasteiger partial charge is 0.487 e. The number of carboxylic acid groups (broad SMARTS) is 1. The number of aliphatic hydroxyl groups is 1. The average Bonchev–Trinajstić information content (AvgIpc) is 3.15. The smallest absolute Gasteiger partial charge is 0.412 e. The van der Waals surface area contributed by atoms with Gasteiger partial charge in [0, 0.05) is 25.6 Å². The molecule has 0 unspecified atom stereocenters. The van der Waals surface area contributed by atoms with Gasteiger partial charge in [0.1, 0.15) is 24.5 Å². The first-order valence-corrected chi connectivity index (χ1v) is 10.1. The van der Waals surface area contributed by atoms with Gasteiger partial charge in [-0.15, -0.1) is 0 Å². The molecule has 3 heterocycles. The summed E-state index contributed by atoms with van der Waals surface area (Å²) in [6, 6.07) is 2.68. The second-order valence-electron chi connectivity index (χ2n) is 8.54. The molecule has 9 nitrogen and oxygen atoms in total. The van der Waals surface area contributed by atoms with Crippen molar-refractivity contribution in [2.75, 3.05) is 32.1 Å². The van der Waals surface area contributed by atoms with Crippen molar-refractivity contribution in [1.29, 1.82) is 0 Å². The maximum atomic E-state index is 12.5. The second kappa shape index (κ2) is 6.69. The van der Waals surface area contributed by atoms with Crippen molar-refractivity contribution in [3.05, 3.63) is 35.4 Å². The number of aliphatic hydroxyl groups excluding tert-OH is 1. The van der Waals surface area contributed by atoms with E-state index in [1.54, 1.807) is 6.07 Å². The first-order valence-electron chi connectivity index (χ1n) is 10.1. The van der Waals surface area contributed by atoms with Crippen LogP contribution in [0, 0.1) is 0 Å². The van der Waals surface area contributed by atoms with E-state index < -0.39 is 29.6 Å². The Kier molecular flexibility index (Phi) is 4.32. The number of carbonyl (C=O) groups excluding carboxylic acids is 1. The van der Waals surface area contributed by atoms with Crippen molar-refractivity contribution in [2.45, 2.75) is 43.1 Å². The molecule has 0 bridgehead atoms. The van der Waals surface area contributed by atoms with Crippen molar-refractivity contribution in [1.82, 2.24) is 9.96 Å². The number of nitrogens with zero attached hydrogens (tertiary/aromatic N) is 3. The minimum atomic E-state index is -1.24. The molecule has 2 N–H and O–H groups in total. The van der Waals surface area contributed by atoms with Gasteiger partial charge in [-0.3, -0.25) is 14.5 Å². The third kappa shape index (κ3) is 2.65. The zero-order chi connectivity index (χ0) is 21.2. The summed E-state index contributed by atoms with van der Waals surface area (Å²) < 4.78 is 6.37. The molecule has 1 fully saturated rings. The molecular formula is C21H25N3O6. The fourth-order valence-corrected chi connectivity index (χ4v) is 5.23. The minimum absolute atomic E-state index is 0.0475. The van der Waals surface area contributed by atoms with Gasteiger partial charge in [0.15, 0.2) is 0 Å². The van der Waals surface area contributed by atoms with E-state index in [0.29, 0.717) is 17.9 Å². The predicted octanol–water partition coefficient (Wildman–Crippen LogP) is 1.10. The number of hydrogen-bond acceptors (Lipinski definition) is 6. The molecule has 9 heteroatoms. The van der Waals surface area contributed by atoms with Crippen LogP contribution in [0.5, 0.6) is 5.75 Å². The Balaban J connectivity index is 1.68. The third-order valence-electron chi connectivity index (χ3n) is 6.74. The van der Waals surface area contributed by atoms with Gasteiger partial charge in [-0.05, 0) is 31.6 Å². The lowest BCUT2D eigenvalue weighted by atomic mass is 9.69. The molecule has 2 amide bonds. The molecule has 160 valence electrons. The van der Waals surface area contributed by atoms with Crippen LogP contribution < -0.4 is 9.64 Å². The number of rotatable bonds is 2. The Morgan fingerprint density at radius 2 is 2.13 bits per heavy atom. The summed E-state index contributed by atoms with van der Waals surface area (Å²) >= 11 is 0. The molecule has 1 spiro atoms. The summed E-state index contributed by atoms with van der Waals surface area (Å²) in [6.07, 6.45) is 2.97. The molecule has 0 saturated carbocycles. The van der Waals surface area contributed by atoms with E-state index in [9.17, 15) is 19.8 Å². The Morgan fingerprint density at radius 1 is 1.33 bits per heavy atom. The molecule has 1 aliphatic carbocycles. The van der Waals surface area contributed by atoms with Crippen molar-refractivity contribution < 1.29 is 29.4 Å². The quantitative estimate of drug-likeness (QED) is 0.698. The maximum Gasteiger partial charge on any atom is 0.412 e. The third-order valence-corrected chi connectivity index (χ3v) is 6.74. The molecule has 4 aliphatic rings. The molecule has 1 aromatic carbocycles. The lowest BCUT2D eigenvalue weighted by Crippen LogP contribution is -2.46. The summed E-state index contributed by atoms with van der Waals surface area (Å²) in [7, 11) is 3.53. The zero-order valence-corrected chi connectivity index (χ0v) is 16.9. The number of carbonyl (C=O) groups is 2.